The van der Waals surface area contributed by atoms with Crippen LogP contribution in [0.15, 0.2) is 52.4 Å². The van der Waals surface area contributed by atoms with Gasteiger partial charge in [0, 0.05) is 31.3 Å². The first-order valence-corrected chi connectivity index (χ1v) is 14.4. The maximum Gasteiger partial charge on any atom is 0.251 e. The third kappa shape index (κ3) is 5.24. The summed E-state index contributed by atoms with van der Waals surface area (Å²) in [6, 6.07) is 11.4. The Labute approximate surface area is 201 Å². The van der Waals surface area contributed by atoms with Gasteiger partial charge in [-0.3, -0.25) is 4.79 Å². The second kappa shape index (κ2) is 10.1. The number of fused-ring (bicyclic) bond motifs is 1. The van der Waals surface area contributed by atoms with Crippen molar-refractivity contribution in [3.63, 3.8) is 0 Å². The van der Waals surface area contributed by atoms with Crippen molar-refractivity contribution < 1.29 is 17.6 Å². The van der Waals surface area contributed by atoms with Gasteiger partial charge in [-0.05, 0) is 56.4 Å². The van der Waals surface area contributed by atoms with E-state index in [1.807, 2.05) is 17.7 Å². The zero-order valence-corrected chi connectivity index (χ0v) is 21.0. The van der Waals surface area contributed by atoms with E-state index in [1.165, 1.54) is 27.8 Å². The van der Waals surface area contributed by atoms with Crippen LogP contribution in [0.4, 0.5) is 4.39 Å². The summed E-state index contributed by atoms with van der Waals surface area (Å²) in [5.41, 5.74) is 1.86. The Morgan fingerprint density at radius 3 is 2.55 bits per heavy atom. The molecule has 1 aliphatic heterocycles. The third-order valence-corrected chi connectivity index (χ3v) is 9.38. The van der Waals surface area contributed by atoms with Gasteiger partial charge in [-0.15, -0.1) is 0 Å². The number of halogens is 1. The van der Waals surface area contributed by atoms with Crippen molar-refractivity contribution in [3.05, 3.63) is 58.6 Å². The number of benzene rings is 2. The summed E-state index contributed by atoms with van der Waals surface area (Å²) in [6.45, 7) is 3.15. The van der Waals surface area contributed by atoms with Crippen LogP contribution >= 0.6 is 23.1 Å². The molecule has 33 heavy (non-hydrogen) atoms. The van der Waals surface area contributed by atoms with Gasteiger partial charge in [0.1, 0.15) is 5.82 Å². The molecule has 0 bridgehead atoms. The second-order valence-corrected chi connectivity index (χ2v) is 12.0. The Bertz CT molecular complexity index is 1320. The summed E-state index contributed by atoms with van der Waals surface area (Å²) in [7, 11) is -3.57. The second-order valence-electron chi connectivity index (χ2n) is 8.08. The number of rotatable bonds is 6. The lowest BCUT2D eigenvalue weighted by Crippen LogP contribution is -2.40. The first-order chi connectivity index (χ1) is 15.8. The molecule has 0 radical (unpaired) electrons. The molecular formula is C23H26FN3O3S3. The summed E-state index contributed by atoms with van der Waals surface area (Å²) in [5, 5.41) is 0. The van der Waals surface area contributed by atoms with Crippen molar-refractivity contribution in [1.82, 2.24) is 8.87 Å². The fourth-order valence-electron chi connectivity index (χ4n) is 3.92. The lowest BCUT2D eigenvalue weighted by molar-refractivity contribution is -0.122. The normalized spacial score (nSPS) is 16.5. The number of thioether (sulfide) groups is 1. The van der Waals surface area contributed by atoms with E-state index in [2.05, 4.69) is 4.99 Å². The molecule has 1 aromatic heterocycles. The number of amides is 1. The average Bonchev–Trinajstić information content (AvgIpc) is 3.13. The van der Waals surface area contributed by atoms with E-state index < -0.39 is 10.0 Å². The smallest absolute Gasteiger partial charge is 0.251 e. The maximum atomic E-state index is 13.7. The number of thiazole rings is 1. The molecular weight excluding hydrogens is 481 g/mol. The predicted molar refractivity (Wildman–Crippen MR) is 131 cm³/mol. The van der Waals surface area contributed by atoms with E-state index in [0.29, 0.717) is 24.2 Å². The van der Waals surface area contributed by atoms with Crippen LogP contribution in [0.5, 0.6) is 0 Å². The molecule has 176 valence electrons. The Balaban J connectivity index is 1.52. The van der Waals surface area contributed by atoms with E-state index in [-0.39, 0.29) is 35.6 Å². The minimum atomic E-state index is -3.57. The average molecular weight is 508 g/mol. The number of nitrogens with zero attached hydrogens (tertiary/aromatic N) is 3. The van der Waals surface area contributed by atoms with Gasteiger partial charge in [-0.25, -0.2) is 12.8 Å². The lowest BCUT2D eigenvalue weighted by Gasteiger charge is -2.29. The SMILES string of the molecule is CSCCn1c(=NC(=O)C2CCN(S(=O)(=O)c3ccc(C)cc3)CC2)sc2cc(F)ccc21. The number of hydrogen-bond acceptors (Lipinski definition) is 5. The molecule has 0 aliphatic carbocycles. The number of sulfonamides is 1. The molecule has 0 saturated carbocycles. The first kappa shape index (κ1) is 24.1. The van der Waals surface area contributed by atoms with Gasteiger partial charge in [0.15, 0.2) is 4.80 Å². The van der Waals surface area contributed by atoms with Gasteiger partial charge in [-0.2, -0.15) is 21.1 Å². The highest BCUT2D eigenvalue weighted by Gasteiger charge is 2.32. The Kier molecular flexibility index (Phi) is 7.37. The molecule has 0 spiro atoms. The van der Waals surface area contributed by atoms with E-state index >= 15 is 0 Å². The highest BCUT2D eigenvalue weighted by molar-refractivity contribution is 7.98. The van der Waals surface area contributed by atoms with Crippen molar-refractivity contribution in [2.45, 2.75) is 31.2 Å². The maximum absolute atomic E-state index is 13.7. The van der Waals surface area contributed by atoms with Gasteiger partial charge in [0.25, 0.3) is 5.91 Å². The van der Waals surface area contributed by atoms with Crippen LogP contribution in [0, 0.1) is 18.7 Å². The number of piperidine rings is 1. The topological polar surface area (TPSA) is 71.7 Å². The molecule has 4 rings (SSSR count). The summed E-state index contributed by atoms with van der Waals surface area (Å²) < 4.78 is 43.7. The van der Waals surface area contributed by atoms with E-state index in [0.717, 1.165) is 21.5 Å². The molecule has 0 unspecified atom stereocenters. The van der Waals surface area contributed by atoms with Crippen LogP contribution < -0.4 is 4.80 Å². The van der Waals surface area contributed by atoms with Gasteiger partial charge in [0.2, 0.25) is 10.0 Å². The molecule has 10 heteroatoms. The molecule has 6 nitrogen and oxygen atoms in total. The van der Waals surface area contributed by atoms with Crippen molar-refractivity contribution >= 4 is 49.2 Å². The van der Waals surface area contributed by atoms with Gasteiger partial charge < -0.3 is 4.57 Å². The van der Waals surface area contributed by atoms with Crippen LogP contribution in [0.3, 0.4) is 0 Å². The molecule has 3 aromatic rings. The molecule has 2 aromatic carbocycles. The fraction of sp³-hybridized carbons (Fsp3) is 0.391. The molecule has 1 amide bonds. The highest BCUT2D eigenvalue weighted by Crippen LogP contribution is 2.25. The summed E-state index contributed by atoms with van der Waals surface area (Å²) in [4.78, 5) is 18.2. The Hall–Kier alpha value is -2.01. The molecule has 0 atom stereocenters. The fourth-order valence-corrected chi connectivity index (χ4v) is 6.84. The van der Waals surface area contributed by atoms with Crippen molar-refractivity contribution in [2.75, 3.05) is 25.1 Å². The number of carbonyl (C=O) groups is 1. The molecule has 2 heterocycles. The quantitative estimate of drug-likeness (QED) is 0.505. The number of carbonyl (C=O) groups excluding carboxylic acids is 1. The van der Waals surface area contributed by atoms with Gasteiger partial charge in [0.05, 0.1) is 15.1 Å². The van der Waals surface area contributed by atoms with Crippen LogP contribution in [0.25, 0.3) is 10.2 Å². The van der Waals surface area contributed by atoms with E-state index in [1.54, 1.807) is 42.1 Å². The predicted octanol–water partition coefficient (Wildman–Crippen LogP) is 4.04. The standard InChI is InChI=1S/C23H26FN3O3S3/c1-16-3-6-19(7-4-16)33(29,30)26-11-9-17(10-12-26)22(28)25-23-27(13-14-31-2)20-8-5-18(24)15-21(20)32-23/h3-8,15,17H,9-14H2,1-2H3. The molecule has 1 saturated heterocycles. The Morgan fingerprint density at radius 1 is 1.18 bits per heavy atom. The van der Waals surface area contributed by atoms with E-state index in [9.17, 15) is 17.6 Å². The minimum absolute atomic E-state index is 0.243. The van der Waals surface area contributed by atoms with Crippen LogP contribution in [0.2, 0.25) is 0 Å². The first-order valence-electron chi connectivity index (χ1n) is 10.7. The molecule has 1 aliphatic rings. The van der Waals surface area contributed by atoms with E-state index in [4.69, 9.17) is 0 Å². The zero-order chi connectivity index (χ0) is 23.6. The number of aromatic nitrogens is 1. The van der Waals surface area contributed by atoms with Crippen molar-refractivity contribution in [1.29, 1.82) is 0 Å². The molecule has 0 N–H and O–H groups in total. The minimum Gasteiger partial charge on any atom is -0.316 e. The van der Waals surface area contributed by atoms with Gasteiger partial charge in [-0.1, -0.05) is 29.0 Å². The van der Waals surface area contributed by atoms with Crippen molar-refractivity contribution in [3.8, 4) is 0 Å². The van der Waals surface area contributed by atoms with Crippen molar-refractivity contribution in [2.24, 2.45) is 10.9 Å². The lowest BCUT2D eigenvalue weighted by atomic mass is 9.98. The van der Waals surface area contributed by atoms with Gasteiger partial charge >= 0.3 is 0 Å². The number of aryl methyl sites for hydroxylation is 2. The van der Waals surface area contributed by atoms with Crippen LogP contribution in [-0.2, 0) is 21.4 Å². The monoisotopic (exact) mass is 507 g/mol. The largest absolute Gasteiger partial charge is 0.316 e. The third-order valence-electron chi connectivity index (χ3n) is 5.83. The molecule has 1 fully saturated rings. The van der Waals surface area contributed by atoms with Crippen LogP contribution in [0.1, 0.15) is 18.4 Å². The summed E-state index contributed by atoms with van der Waals surface area (Å²) >= 11 is 2.99. The highest BCUT2D eigenvalue weighted by atomic mass is 32.2. The van der Waals surface area contributed by atoms with Crippen LogP contribution in [-0.4, -0.2) is 48.3 Å². The Morgan fingerprint density at radius 2 is 1.88 bits per heavy atom. The summed E-state index contributed by atoms with van der Waals surface area (Å²) in [6.07, 6.45) is 2.87. The zero-order valence-electron chi connectivity index (χ0n) is 18.5. The summed E-state index contributed by atoms with van der Waals surface area (Å²) in [5.74, 6) is -0.0432. The number of hydrogen-bond donors (Lipinski definition) is 0.